The Kier molecular flexibility index (Phi) is 5.49. The lowest BCUT2D eigenvalue weighted by Gasteiger charge is -2.29. The van der Waals surface area contributed by atoms with Crippen LogP contribution in [0, 0.1) is 13.8 Å². The average Bonchev–Trinajstić information content (AvgIpc) is 2.79. The van der Waals surface area contributed by atoms with Gasteiger partial charge in [-0.25, -0.2) is 0 Å². The molecule has 0 atom stereocenters. The van der Waals surface area contributed by atoms with Gasteiger partial charge >= 0.3 is 0 Å². The van der Waals surface area contributed by atoms with E-state index >= 15 is 0 Å². The second kappa shape index (κ2) is 8.45. The first-order chi connectivity index (χ1) is 15.5. The van der Waals surface area contributed by atoms with Gasteiger partial charge in [-0.3, -0.25) is 9.69 Å². The van der Waals surface area contributed by atoms with Crippen LogP contribution in [0.2, 0.25) is 0 Å². The van der Waals surface area contributed by atoms with Crippen LogP contribution in [-0.2, 0) is 13.1 Å². The Morgan fingerprint density at radius 3 is 2.59 bits per heavy atom. The van der Waals surface area contributed by atoms with E-state index in [1.54, 1.807) is 19.1 Å². The van der Waals surface area contributed by atoms with Crippen LogP contribution < -0.4 is 14.9 Å². The maximum atomic E-state index is 13.3. The molecule has 0 spiro atoms. The fraction of sp³-hybridized carbons (Fsp3) is 0.192. The Morgan fingerprint density at radius 1 is 1.03 bits per heavy atom. The topological polar surface area (TPSA) is 51.9 Å². The second-order valence-corrected chi connectivity index (χ2v) is 8.87. The molecule has 0 saturated heterocycles. The normalized spacial score (nSPS) is 13.6. The number of hydrogen-bond donors (Lipinski definition) is 0. The van der Waals surface area contributed by atoms with Crippen LogP contribution in [0.25, 0.3) is 11.0 Å². The van der Waals surface area contributed by atoms with Crippen LogP contribution in [0.4, 0.5) is 0 Å². The van der Waals surface area contributed by atoms with Gasteiger partial charge in [0.25, 0.3) is 0 Å². The molecule has 4 aromatic rings. The summed E-state index contributed by atoms with van der Waals surface area (Å²) in [6.45, 7) is 5.70. The van der Waals surface area contributed by atoms with Crippen molar-refractivity contribution in [1.29, 1.82) is 0 Å². The second-order valence-electron chi connectivity index (χ2n) is 8.01. The van der Waals surface area contributed by atoms with Crippen molar-refractivity contribution in [2.75, 3.05) is 6.73 Å². The molecule has 162 valence electrons. The summed E-state index contributed by atoms with van der Waals surface area (Å²) in [5.41, 5.74) is 3.69. The Balaban J connectivity index is 1.50. The number of para-hydroxylation sites is 1. The number of aryl methyl sites for hydroxylation is 2. The van der Waals surface area contributed by atoms with Crippen molar-refractivity contribution in [1.82, 2.24) is 4.90 Å². The molecule has 32 heavy (non-hydrogen) atoms. The van der Waals surface area contributed by atoms with E-state index in [1.165, 1.54) is 11.1 Å². The third-order valence-corrected chi connectivity index (χ3v) is 6.26. The molecule has 0 amide bonds. The first-order valence-electron chi connectivity index (χ1n) is 10.4. The van der Waals surface area contributed by atoms with Crippen LogP contribution in [-0.4, -0.2) is 11.6 Å². The molecule has 0 radical (unpaired) electrons. The zero-order valence-electron chi connectivity index (χ0n) is 17.9. The van der Waals surface area contributed by atoms with E-state index in [0.717, 1.165) is 22.3 Å². The summed E-state index contributed by atoms with van der Waals surface area (Å²) in [5, 5.41) is 0.484. The monoisotopic (exact) mass is 491 g/mol. The number of ether oxygens (including phenoxy) is 2. The first-order valence-corrected chi connectivity index (χ1v) is 11.2. The van der Waals surface area contributed by atoms with Gasteiger partial charge in [-0.2, -0.15) is 0 Å². The zero-order chi connectivity index (χ0) is 22.2. The number of fused-ring (bicyclic) bond motifs is 3. The van der Waals surface area contributed by atoms with Crippen molar-refractivity contribution < 1.29 is 13.9 Å². The molecule has 0 N–H and O–H groups in total. The van der Waals surface area contributed by atoms with E-state index < -0.39 is 0 Å². The van der Waals surface area contributed by atoms with Crippen LogP contribution in [0.3, 0.4) is 0 Å². The molecule has 2 heterocycles. The standard InChI is InChI=1S/C26H22BrNO4/c1-16-7-9-18(10-8-16)13-28-14-20-22(30-15-28)12-11-19-24(29)25(17(2)31-26(19)20)32-23-6-4-3-5-21(23)27/h3-12H,13-15H2,1-2H3. The van der Waals surface area contributed by atoms with E-state index in [4.69, 9.17) is 13.9 Å². The summed E-state index contributed by atoms with van der Waals surface area (Å²) in [4.78, 5) is 15.5. The molecule has 1 aromatic heterocycles. The third kappa shape index (κ3) is 3.92. The molecule has 5 nitrogen and oxygen atoms in total. The Labute approximate surface area is 194 Å². The number of halogens is 1. The van der Waals surface area contributed by atoms with Crippen molar-refractivity contribution in [2.24, 2.45) is 0 Å². The molecule has 6 heteroatoms. The molecule has 1 aliphatic heterocycles. The Morgan fingerprint density at radius 2 is 1.81 bits per heavy atom. The van der Waals surface area contributed by atoms with Crippen molar-refractivity contribution in [2.45, 2.75) is 26.9 Å². The number of rotatable bonds is 4. The largest absolute Gasteiger partial charge is 0.478 e. The molecule has 5 rings (SSSR count). The van der Waals surface area contributed by atoms with E-state index in [-0.39, 0.29) is 11.2 Å². The summed E-state index contributed by atoms with van der Waals surface area (Å²) < 4.78 is 18.8. The predicted molar refractivity (Wildman–Crippen MR) is 127 cm³/mol. The van der Waals surface area contributed by atoms with Crippen molar-refractivity contribution in [3.63, 3.8) is 0 Å². The molecule has 0 aliphatic carbocycles. The molecule has 0 fully saturated rings. The van der Waals surface area contributed by atoms with Gasteiger partial charge in [0.2, 0.25) is 11.2 Å². The minimum atomic E-state index is -0.196. The molecule has 0 bridgehead atoms. The van der Waals surface area contributed by atoms with E-state index in [2.05, 4.69) is 52.0 Å². The molecular formula is C26H22BrNO4. The summed E-state index contributed by atoms with van der Waals surface area (Å²) in [5.74, 6) is 1.94. The highest BCUT2D eigenvalue weighted by Gasteiger charge is 2.24. The maximum Gasteiger partial charge on any atom is 0.235 e. The van der Waals surface area contributed by atoms with Crippen molar-refractivity contribution >= 4 is 26.9 Å². The number of nitrogens with zero attached hydrogens (tertiary/aromatic N) is 1. The van der Waals surface area contributed by atoms with Crippen molar-refractivity contribution in [3.8, 4) is 17.2 Å². The summed E-state index contributed by atoms with van der Waals surface area (Å²) in [6.07, 6.45) is 0. The van der Waals surface area contributed by atoms with Gasteiger partial charge < -0.3 is 13.9 Å². The lowest BCUT2D eigenvalue weighted by molar-refractivity contribution is 0.0889. The van der Waals surface area contributed by atoms with Gasteiger partial charge in [0, 0.05) is 13.1 Å². The van der Waals surface area contributed by atoms with Gasteiger partial charge in [0.1, 0.15) is 29.6 Å². The van der Waals surface area contributed by atoms with Gasteiger partial charge in [-0.1, -0.05) is 42.0 Å². The van der Waals surface area contributed by atoms with Gasteiger partial charge in [-0.15, -0.1) is 0 Å². The smallest absolute Gasteiger partial charge is 0.235 e. The highest BCUT2D eigenvalue weighted by Crippen LogP contribution is 2.35. The predicted octanol–water partition coefficient (Wildman–Crippen LogP) is 6.32. The highest BCUT2D eigenvalue weighted by atomic mass is 79.9. The van der Waals surface area contributed by atoms with E-state index in [0.29, 0.717) is 35.8 Å². The SMILES string of the molecule is Cc1ccc(CN2COc3ccc4c(=O)c(Oc5ccccc5Br)c(C)oc4c3C2)cc1. The Hall–Kier alpha value is -3.09. The van der Waals surface area contributed by atoms with Gasteiger partial charge in [-0.05, 0) is 59.6 Å². The number of hydrogen-bond acceptors (Lipinski definition) is 5. The lowest BCUT2D eigenvalue weighted by atomic mass is 10.1. The number of benzene rings is 3. The highest BCUT2D eigenvalue weighted by molar-refractivity contribution is 9.10. The molecular weight excluding hydrogens is 470 g/mol. The summed E-state index contributed by atoms with van der Waals surface area (Å²) in [7, 11) is 0. The fourth-order valence-corrected chi connectivity index (χ4v) is 4.28. The maximum absolute atomic E-state index is 13.3. The third-order valence-electron chi connectivity index (χ3n) is 5.60. The lowest BCUT2D eigenvalue weighted by Crippen LogP contribution is -2.31. The minimum Gasteiger partial charge on any atom is -0.478 e. The average molecular weight is 492 g/mol. The van der Waals surface area contributed by atoms with Gasteiger partial charge in [0.05, 0.1) is 15.4 Å². The van der Waals surface area contributed by atoms with E-state index in [9.17, 15) is 4.79 Å². The van der Waals surface area contributed by atoms with Crippen LogP contribution in [0.15, 0.2) is 74.3 Å². The molecule has 0 unspecified atom stereocenters. The van der Waals surface area contributed by atoms with Crippen molar-refractivity contribution in [3.05, 3.63) is 97.8 Å². The summed E-state index contributed by atoms with van der Waals surface area (Å²) in [6, 6.07) is 19.5. The fourth-order valence-electron chi connectivity index (χ4n) is 3.91. The zero-order valence-corrected chi connectivity index (χ0v) is 19.4. The first kappa shape index (κ1) is 20.8. The minimum absolute atomic E-state index is 0.192. The molecule has 1 aliphatic rings. The Bertz CT molecular complexity index is 1360. The van der Waals surface area contributed by atoms with E-state index in [1.807, 2.05) is 24.3 Å². The van der Waals surface area contributed by atoms with Crippen LogP contribution in [0.5, 0.6) is 17.2 Å². The molecule has 3 aromatic carbocycles. The quantitative estimate of drug-likeness (QED) is 0.334. The summed E-state index contributed by atoms with van der Waals surface area (Å²) >= 11 is 3.46. The molecule has 0 saturated carbocycles. The van der Waals surface area contributed by atoms with Crippen LogP contribution in [0.1, 0.15) is 22.5 Å². The van der Waals surface area contributed by atoms with Gasteiger partial charge in [0.15, 0.2) is 0 Å². The van der Waals surface area contributed by atoms with Crippen LogP contribution >= 0.6 is 15.9 Å².